The van der Waals surface area contributed by atoms with Crippen molar-refractivity contribution < 1.29 is 18.0 Å². The second-order valence-corrected chi connectivity index (χ2v) is 17.7. The summed E-state index contributed by atoms with van der Waals surface area (Å²) in [5.41, 5.74) is 9.74. The van der Waals surface area contributed by atoms with Crippen molar-refractivity contribution in [2.45, 2.75) is 42.9 Å². The number of aromatic nitrogens is 2. The molecule has 0 unspecified atom stereocenters. The number of anilines is 4. The van der Waals surface area contributed by atoms with Crippen LogP contribution in [0.5, 0.6) is 5.75 Å². The predicted molar refractivity (Wildman–Crippen MR) is 172 cm³/mol. The van der Waals surface area contributed by atoms with Gasteiger partial charge in [0.25, 0.3) is 0 Å². The molecule has 42 heavy (non-hydrogen) atoms. The molecule has 226 valence electrons. The highest BCUT2D eigenvalue weighted by molar-refractivity contribution is 7.92. The van der Waals surface area contributed by atoms with Gasteiger partial charge in [-0.05, 0) is 51.0 Å². The summed E-state index contributed by atoms with van der Waals surface area (Å²) < 4.78 is 32.0. The van der Waals surface area contributed by atoms with Gasteiger partial charge in [0.05, 0.1) is 59.4 Å². The van der Waals surface area contributed by atoms with Gasteiger partial charge in [-0.1, -0.05) is 12.1 Å². The van der Waals surface area contributed by atoms with Crippen LogP contribution in [0.1, 0.15) is 26.7 Å². The Bertz CT molecular complexity index is 1520. The van der Waals surface area contributed by atoms with Gasteiger partial charge in [-0.2, -0.15) is 5.10 Å². The van der Waals surface area contributed by atoms with Crippen LogP contribution in [0.3, 0.4) is 0 Å². The lowest BCUT2D eigenvalue weighted by molar-refractivity contribution is 0.180. The topological polar surface area (TPSA) is 134 Å². The maximum absolute atomic E-state index is 13.1. The molecule has 3 aromatic rings. The Labute approximate surface area is 249 Å². The van der Waals surface area contributed by atoms with E-state index in [1.54, 1.807) is 51.4 Å². The standard InChI is InChI=1S/C30H42N6O4PS/c1-21(2)42(38,39)28-8-6-5-7-25(28)33-26-20-32-34-30(31)29(26)24-10-9-23(19-27(24)40-3)35-13-11-22(12-14-35)36-15-17-41(4,37)18-16-36/h5-10,19-22,37H,11-18H2,1-4H3,(H3,31,33,34)/q+1. The maximum Gasteiger partial charge on any atom is 0.182 e. The molecule has 0 saturated carbocycles. The van der Waals surface area contributed by atoms with Crippen molar-refractivity contribution in [3.63, 3.8) is 0 Å². The van der Waals surface area contributed by atoms with Gasteiger partial charge in [0, 0.05) is 49.5 Å². The highest BCUT2D eigenvalue weighted by Gasteiger charge is 2.37. The summed E-state index contributed by atoms with van der Waals surface area (Å²) in [5.74, 6) is 0.849. The molecule has 2 aromatic carbocycles. The largest absolute Gasteiger partial charge is 0.496 e. The first-order valence-electron chi connectivity index (χ1n) is 14.5. The lowest BCUT2D eigenvalue weighted by atomic mass is 10.00. The number of hydrogen-bond acceptors (Lipinski definition) is 10. The zero-order chi connectivity index (χ0) is 30.1. The first kappa shape index (κ1) is 30.5. The Hall–Kier alpha value is -2.98. The number of ether oxygens (including phenoxy) is 1. The lowest BCUT2D eigenvalue weighted by Gasteiger charge is -2.41. The van der Waals surface area contributed by atoms with Crippen LogP contribution in [0.15, 0.2) is 53.6 Å². The third kappa shape index (κ3) is 6.34. The van der Waals surface area contributed by atoms with Crippen molar-refractivity contribution >= 4 is 40.2 Å². The molecule has 0 aliphatic carbocycles. The monoisotopic (exact) mass is 613 g/mol. The summed E-state index contributed by atoms with van der Waals surface area (Å²) in [6, 6.07) is 13.5. The molecular weight excluding hydrogens is 571 g/mol. The van der Waals surface area contributed by atoms with Gasteiger partial charge in [0.2, 0.25) is 0 Å². The van der Waals surface area contributed by atoms with Crippen molar-refractivity contribution in [1.82, 2.24) is 15.1 Å². The van der Waals surface area contributed by atoms with Gasteiger partial charge in [-0.15, -0.1) is 5.10 Å². The fourth-order valence-electron chi connectivity index (χ4n) is 5.85. The molecule has 4 N–H and O–H groups in total. The van der Waals surface area contributed by atoms with Crippen LogP contribution < -0.4 is 20.7 Å². The molecule has 1 aromatic heterocycles. The van der Waals surface area contributed by atoms with E-state index in [0.717, 1.165) is 62.6 Å². The molecular formula is C30H42N6O4PS+. The number of para-hydroxylation sites is 1. The van der Waals surface area contributed by atoms with Crippen LogP contribution in [0.2, 0.25) is 0 Å². The van der Waals surface area contributed by atoms with E-state index < -0.39 is 22.6 Å². The van der Waals surface area contributed by atoms with E-state index in [1.165, 1.54) is 0 Å². The zero-order valence-corrected chi connectivity index (χ0v) is 26.5. The molecule has 0 atom stereocenters. The van der Waals surface area contributed by atoms with E-state index in [4.69, 9.17) is 10.5 Å². The average molecular weight is 614 g/mol. The molecule has 0 radical (unpaired) electrons. The smallest absolute Gasteiger partial charge is 0.182 e. The van der Waals surface area contributed by atoms with Gasteiger partial charge in [-0.25, -0.2) is 8.42 Å². The van der Waals surface area contributed by atoms with E-state index in [1.807, 2.05) is 12.1 Å². The normalized spacial score (nSPS) is 18.3. The summed E-state index contributed by atoms with van der Waals surface area (Å²) in [4.78, 5) is 15.6. The van der Waals surface area contributed by atoms with Gasteiger partial charge in [0.1, 0.15) is 13.2 Å². The second kappa shape index (κ2) is 12.3. The number of nitrogen functional groups attached to an aromatic ring is 1. The number of methoxy groups -OCH3 is 1. The van der Waals surface area contributed by atoms with Crippen molar-refractivity contribution in [3.8, 4) is 16.9 Å². The third-order valence-corrected chi connectivity index (χ3v) is 13.0. The van der Waals surface area contributed by atoms with Crippen molar-refractivity contribution in [2.24, 2.45) is 0 Å². The molecule has 0 spiro atoms. The predicted octanol–water partition coefficient (Wildman–Crippen LogP) is 4.50. The Morgan fingerprint density at radius 2 is 1.76 bits per heavy atom. The van der Waals surface area contributed by atoms with Gasteiger partial charge in [-0.3, -0.25) is 9.79 Å². The molecule has 0 amide bonds. The SMILES string of the molecule is COc1cc(N2CCC(N3CC[P+](C)(O)CC3)CC2)ccc1-c1c(Nc2ccccc2S(=O)(=O)C(C)C)cnnc1N. The van der Waals surface area contributed by atoms with E-state index in [-0.39, 0.29) is 10.7 Å². The van der Waals surface area contributed by atoms with Crippen molar-refractivity contribution in [1.29, 1.82) is 0 Å². The van der Waals surface area contributed by atoms with Crippen LogP contribution in [0.25, 0.3) is 11.1 Å². The molecule has 2 aliphatic rings. The maximum atomic E-state index is 13.1. The Kier molecular flexibility index (Phi) is 8.94. The number of benzene rings is 2. The first-order chi connectivity index (χ1) is 20.0. The van der Waals surface area contributed by atoms with Crippen LogP contribution in [0, 0.1) is 0 Å². The summed E-state index contributed by atoms with van der Waals surface area (Å²) in [7, 11) is -3.59. The quantitative estimate of drug-likeness (QED) is 0.312. The molecule has 0 bridgehead atoms. The second-order valence-electron chi connectivity index (χ2n) is 11.7. The van der Waals surface area contributed by atoms with Gasteiger partial charge >= 0.3 is 0 Å². The van der Waals surface area contributed by atoms with Crippen molar-refractivity contribution in [3.05, 3.63) is 48.7 Å². The Morgan fingerprint density at radius 1 is 1.07 bits per heavy atom. The molecule has 3 heterocycles. The fourth-order valence-corrected chi connectivity index (χ4v) is 8.65. The fraction of sp³-hybridized carbons (Fsp3) is 0.467. The molecule has 12 heteroatoms. The van der Waals surface area contributed by atoms with E-state index >= 15 is 0 Å². The summed E-state index contributed by atoms with van der Waals surface area (Å²) >= 11 is 0. The highest BCUT2D eigenvalue weighted by atomic mass is 32.2. The van der Waals surface area contributed by atoms with Crippen LogP contribution in [0.4, 0.5) is 22.9 Å². The zero-order valence-electron chi connectivity index (χ0n) is 24.8. The lowest BCUT2D eigenvalue weighted by Crippen LogP contribution is -2.49. The molecule has 5 rings (SSSR count). The van der Waals surface area contributed by atoms with Crippen LogP contribution in [-0.2, 0) is 9.84 Å². The summed E-state index contributed by atoms with van der Waals surface area (Å²) in [5, 5.41) is 10.8. The number of piperidine rings is 1. The number of nitrogens with one attached hydrogen (secondary N) is 1. The van der Waals surface area contributed by atoms with E-state index in [0.29, 0.717) is 28.7 Å². The van der Waals surface area contributed by atoms with Crippen LogP contribution in [-0.4, -0.2) is 92.0 Å². The Morgan fingerprint density at radius 3 is 2.43 bits per heavy atom. The minimum absolute atomic E-state index is 0.207. The number of nitrogens with zero attached hydrogens (tertiary/aromatic N) is 4. The van der Waals surface area contributed by atoms with E-state index in [9.17, 15) is 13.3 Å². The highest BCUT2D eigenvalue weighted by Crippen LogP contribution is 2.52. The summed E-state index contributed by atoms with van der Waals surface area (Å²) in [6.45, 7) is 9.27. The molecule has 10 nitrogen and oxygen atoms in total. The number of nitrogens with two attached hydrogens (primary N) is 1. The average Bonchev–Trinajstić information content (AvgIpc) is 2.97. The third-order valence-electron chi connectivity index (χ3n) is 8.50. The molecule has 2 aliphatic heterocycles. The van der Waals surface area contributed by atoms with Gasteiger partial charge in [0.15, 0.2) is 15.7 Å². The van der Waals surface area contributed by atoms with E-state index in [2.05, 4.69) is 38.0 Å². The number of sulfone groups is 1. The number of hydrogen-bond donors (Lipinski definition) is 3. The summed E-state index contributed by atoms with van der Waals surface area (Å²) in [6.07, 6.45) is 5.59. The molecule has 2 saturated heterocycles. The minimum atomic E-state index is -3.54. The minimum Gasteiger partial charge on any atom is -0.496 e. The van der Waals surface area contributed by atoms with Crippen LogP contribution >= 0.6 is 7.49 Å². The molecule has 2 fully saturated rings. The first-order valence-corrected chi connectivity index (χ1v) is 18.6. The van der Waals surface area contributed by atoms with Gasteiger partial charge < -0.3 is 20.7 Å². The van der Waals surface area contributed by atoms with Crippen molar-refractivity contribution in [2.75, 3.05) is 68.2 Å². The Balaban J connectivity index is 1.38. The number of rotatable bonds is 8.